The number of hydrogen-bond acceptors (Lipinski definition) is 5. The van der Waals surface area contributed by atoms with Crippen molar-refractivity contribution in [3.8, 4) is 0 Å². The zero-order valence-corrected chi connectivity index (χ0v) is 16.0. The normalized spacial score (nSPS) is 18.4. The fraction of sp³-hybridized carbons (Fsp3) is 0.400. The zero-order valence-electron chi connectivity index (χ0n) is 15.2. The molecule has 27 heavy (non-hydrogen) atoms. The molecule has 7 heteroatoms. The Kier molecular flexibility index (Phi) is 4.78. The number of nitrogens with zero attached hydrogens (tertiary/aromatic N) is 2. The van der Waals surface area contributed by atoms with Gasteiger partial charge < -0.3 is 5.32 Å². The van der Waals surface area contributed by atoms with E-state index in [1.54, 1.807) is 35.6 Å². The van der Waals surface area contributed by atoms with Crippen LogP contribution in [0.2, 0.25) is 0 Å². The van der Waals surface area contributed by atoms with E-state index in [0.717, 1.165) is 25.0 Å². The first kappa shape index (κ1) is 17.9. The van der Waals surface area contributed by atoms with E-state index < -0.39 is 0 Å². The lowest BCUT2D eigenvalue weighted by Gasteiger charge is -2.15. The molecule has 1 aliphatic carbocycles. The Morgan fingerprint density at radius 2 is 1.96 bits per heavy atom. The van der Waals surface area contributed by atoms with Gasteiger partial charge in [-0.15, -0.1) is 11.3 Å². The standard InChI is InChI=1S/C20H21N3O3S/c1-12-8-9-15-16(11-12)27-20(21-15)22-17(24)7-4-10-23-18(25)13-5-2-3-6-14(13)19(23)26/h2-3,5-6,12H,4,7-11H2,1H3,(H,21,22,24)/t12-/m0/s1. The van der Waals surface area contributed by atoms with Crippen LogP contribution in [0.5, 0.6) is 0 Å². The molecule has 0 fully saturated rings. The maximum Gasteiger partial charge on any atom is 0.261 e. The summed E-state index contributed by atoms with van der Waals surface area (Å²) in [5.74, 6) is -0.0256. The number of anilines is 1. The van der Waals surface area contributed by atoms with E-state index in [0.29, 0.717) is 28.6 Å². The highest BCUT2D eigenvalue weighted by Gasteiger charge is 2.34. The maximum atomic E-state index is 12.3. The van der Waals surface area contributed by atoms with Gasteiger partial charge in [0.25, 0.3) is 11.8 Å². The minimum absolute atomic E-state index is 0.134. The summed E-state index contributed by atoms with van der Waals surface area (Å²) in [6.45, 7) is 2.48. The van der Waals surface area contributed by atoms with Crippen molar-refractivity contribution in [3.05, 3.63) is 46.0 Å². The molecule has 4 rings (SSSR count). The lowest BCUT2D eigenvalue weighted by Crippen LogP contribution is -2.31. The van der Waals surface area contributed by atoms with Crippen molar-refractivity contribution in [1.82, 2.24) is 9.88 Å². The molecule has 0 spiro atoms. The summed E-state index contributed by atoms with van der Waals surface area (Å²) in [5.41, 5.74) is 1.99. The predicted octanol–water partition coefficient (Wildman–Crippen LogP) is 3.28. The second-order valence-electron chi connectivity index (χ2n) is 7.20. The zero-order chi connectivity index (χ0) is 19.0. The van der Waals surface area contributed by atoms with Gasteiger partial charge in [0.2, 0.25) is 5.91 Å². The van der Waals surface area contributed by atoms with E-state index in [4.69, 9.17) is 0 Å². The SMILES string of the molecule is C[C@H]1CCc2nc(NC(=O)CCCN3C(=O)c4ccccc4C3=O)sc2C1. The number of amides is 3. The third-order valence-electron chi connectivity index (χ3n) is 5.10. The summed E-state index contributed by atoms with van der Waals surface area (Å²) < 4.78 is 0. The number of nitrogens with one attached hydrogen (secondary N) is 1. The fourth-order valence-electron chi connectivity index (χ4n) is 3.62. The Bertz CT molecular complexity index is 886. The molecule has 140 valence electrons. The van der Waals surface area contributed by atoms with E-state index in [-0.39, 0.29) is 30.7 Å². The molecule has 1 N–H and O–H groups in total. The van der Waals surface area contributed by atoms with Crippen molar-refractivity contribution in [2.24, 2.45) is 5.92 Å². The highest BCUT2D eigenvalue weighted by atomic mass is 32.1. The van der Waals surface area contributed by atoms with E-state index in [1.807, 2.05) is 0 Å². The van der Waals surface area contributed by atoms with Crippen LogP contribution in [-0.2, 0) is 17.6 Å². The third kappa shape index (κ3) is 3.51. The Morgan fingerprint density at radius 3 is 2.67 bits per heavy atom. The van der Waals surface area contributed by atoms with E-state index in [1.165, 1.54) is 9.78 Å². The van der Waals surface area contributed by atoms with Crippen LogP contribution < -0.4 is 5.32 Å². The van der Waals surface area contributed by atoms with Crippen LogP contribution in [0.4, 0.5) is 5.13 Å². The van der Waals surface area contributed by atoms with Crippen molar-refractivity contribution in [2.75, 3.05) is 11.9 Å². The average molecular weight is 383 g/mol. The van der Waals surface area contributed by atoms with Crippen molar-refractivity contribution in [1.29, 1.82) is 0 Å². The molecular weight excluding hydrogens is 362 g/mol. The van der Waals surface area contributed by atoms with Gasteiger partial charge in [0.05, 0.1) is 16.8 Å². The Labute approximate surface area is 161 Å². The molecule has 6 nitrogen and oxygen atoms in total. The summed E-state index contributed by atoms with van der Waals surface area (Å²) in [5, 5.41) is 3.51. The number of carbonyl (C=O) groups is 3. The molecule has 3 amide bonds. The molecule has 0 bridgehead atoms. The van der Waals surface area contributed by atoms with Crippen LogP contribution >= 0.6 is 11.3 Å². The lowest BCUT2D eigenvalue weighted by molar-refractivity contribution is -0.116. The molecule has 1 aliphatic heterocycles. The van der Waals surface area contributed by atoms with Crippen LogP contribution in [0.25, 0.3) is 0 Å². The first-order valence-electron chi connectivity index (χ1n) is 9.26. The van der Waals surface area contributed by atoms with Gasteiger partial charge in [-0.2, -0.15) is 0 Å². The smallest absolute Gasteiger partial charge is 0.261 e. The molecule has 0 saturated carbocycles. The second kappa shape index (κ2) is 7.23. The van der Waals surface area contributed by atoms with Crippen molar-refractivity contribution in [2.45, 2.75) is 39.0 Å². The fourth-order valence-corrected chi connectivity index (χ4v) is 4.80. The number of rotatable bonds is 5. The summed E-state index contributed by atoms with van der Waals surface area (Å²) in [7, 11) is 0. The summed E-state index contributed by atoms with van der Waals surface area (Å²) in [4.78, 5) is 43.9. The quantitative estimate of drug-likeness (QED) is 0.804. The van der Waals surface area contributed by atoms with Gasteiger partial charge in [-0.3, -0.25) is 19.3 Å². The van der Waals surface area contributed by atoms with E-state index >= 15 is 0 Å². The van der Waals surface area contributed by atoms with Crippen molar-refractivity contribution >= 4 is 34.2 Å². The van der Waals surface area contributed by atoms with Crippen molar-refractivity contribution < 1.29 is 14.4 Å². The van der Waals surface area contributed by atoms with Gasteiger partial charge in [0.1, 0.15) is 0 Å². The summed E-state index contributed by atoms with van der Waals surface area (Å²) >= 11 is 1.56. The van der Waals surface area contributed by atoms with Gasteiger partial charge in [0.15, 0.2) is 5.13 Å². The second-order valence-corrected chi connectivity index (χ2v) is 8.28. The summed E-state index contributed by atoms with van der Waals surface area (Å²) in [6.07, 6.45) is 3.82. The van der Waals surface area contributed by atoms with Gasteiger partial charge >= 0.3 is 0 Å². The largest absolute Gasteiger partial charge is 0.302 e. The highest BCUT2D eigenvalue weighted by molar-refractivity contribution is 7.15. The number of aromatic nitrogens is 1. The third-order valence-corrected chi connectivity index (χ3v) is 6.13. The molecule has 2 aromatic rings. The molecular formula is C20H21N3O3S. The van der Waals surface area contributed by atoms with E-state index in [2.05, 4.69) is 17.2 Å². The van der Waals surface area contributed by atoms with Crippen LogP contribution in [0, 0.1) is 5.92 Å². The minimum atomic E-state index is -0.280. The van der Waals surface area contributed by atoms with Crippen molar-refractivity contribution in [3.63, 3.8) is 0 Å². The molecule has 1 aromatic carbocycles. The van der Waals surface area contributed by atoms with Gasteiger partial charge in [-0.25, -0.2) is 4.98 Å². The number of hydrogen-bond donors (Lipinski definition) is 1. The first-order chi connectivity index (χ1) is 13.0. The van der Waals surface area contributed by atoms with Gasteiger partial charge in [0, 0.05) is 17.8 Å². The topological polar surface area (TPSA) is 79.4 Å². The molecule has 1 aromatic heterocycles. The lowest BCUT2D eigenvalue weighted by atomic mass is 9.93. The Balaban J connectivity index is 1.29. The van der Waals surface area contributed by atoms with Gasteiger partial charge in [-0.1, -0.05) is 19.1 Å². The van der Waals surface area contributed by atoms with E-state index in [9.17, 15) is 14.4 Å². The van der Waals surface area contributed by atoms with Crippen LogP contribution in [-0.4, -0.2) is 34.2 Å². The van der Waals surface area contributed by atoms with Gasteiger partial charge in [-0.05, 0) is 43.7 Å². The average Bonchev–Trinajstić information content (AvgIpc) is 3.15. The number of imide groups is 1. The van der Waals surface area contributed by atoms with Crippen LogP contribution in [0.1, 0.15) is 57.5 Å². The van der Waals surface area contributed by atoms with Crippen LogP contribution in [0.3, 0.4) is 0 Å². The molecule has 2 heterocycles. The minimum Gasteiger partial charge on any atom is -0.302 e. The number of benzene rings is 1. The molecule has 0 saturated heterocycles. The number of fused-ring (bicyclic) bond motifs is 2. The molecule has 1 atom stereocenters. The number of thiazole rings is 1. The predicted molar refractivity (Wildman–Crippen MR) is 103 cm³/mol. The maximum absolute atomic E-state index is 12.3. The number of carbonyl (C=O) groups excluding carboxylic acids is 3. The van der Waals surface area contributed by atoms with Crippen LogP contribution in [0.15, 0.2) is 24.3 Å². The number of aryl methyl sites for hydroxylation is 1. The Hall–Kier alpha value is -2.54. The molecule has 2 aliphatic rings. The summed E-state index contributed by atoms with van der Waals surface area (Å²) in [6, 6.07) is 6.81. The molecule has 0 unspecified atom stereocenters. The molecule has 0 radical (unpaired) electrons. The first-order valence-corrected chi connectivity index (χ1v) is 10.1. The Morgan fingerprint density at radius 1 is 1.26 bits per heavy atom. The monoisotopic (exact) mass is 383 g/mol. The highest BCUT2D eigenvalue weighted by Crippen LogP contribution is 2.32.